The first kappa shape index (κ1) is 13.3. The van der Waals surface area contributed by atoms with Crippen LogP contribution in [0.5, 0.6) is 0 Å². The number of nitrogens with zero attached hydrogens (tertiary/aromatic N) is 4. The van der Waals surface area contributed by atoms with Gasteiger partial charge >= 0.3 is 0 Å². The molecule has 2 N–H and O–H groups in total. The maximum atomic E-state index is 12.4. The van der Waals surface area contributed by atoms with Crippen LogP contribution in [0.4, 0.5) is 11.4 Å². The van der Waals surface area contributed by atoms with E-state index >= 15 is 0 Å². The molecule has 0 spiro atoms. The number of sulfonamides is 1. The summed E-state index contributed by atoms with van der Waals surface area (Å²) in [5.41, 5.74) is 6.40. The molecule has 0 aliphatic heterocycles. The van der Waals surface area contributed by atoms with E-state index in [1.807, 2.05) is 6.92 Å². The Morgan fingerprint density at radius 3 is 2.79 bits per heavy atom. The van der Waals surface area contributed by atoms with Crippen molar-refractivity contribution in [2.45, 2.75) is 18.5 Å². The molecule has 0 aromatic carbocycles. The molecule has 19 heavy (non-hydrogen) atoms. The Labute approximate surface area is 111 Å². The maximum absolute atomic E-state index is 12.4. The number of rotatable bonds is 4. The summed E-state index contributed by atoms with van der Waals surface area (Å²) in [6.07, 6.45) is 5.87. The van der Waals surface area contributed by atoms with E-state index in [0.29, 0.717) is 17.9 Å². The molecule has 0 saturated heterocycles. The number of aryl methyl sites for hydroxylation is 1. The summed E-state index contributed by atoms with van der Waals surface area (Å²) in [7, 11) is -2.27. The fraction of sp³-hybridized carbons (Fsp3) is 0.273. The Morgan fingerprint density at radius 1 is 1.47 bits per heavy atom. The smallest absolute Gasteiger partial charge is 0.283 e. The predicted molar refractivity (Wildman–Crippen MR) is 72.1 cm³/mol. The quantitative estimate of drug-likeness (QED) is 0.890. The highest BCUT2D eigenvalue weighted by atomic mass is 32.2. The van der Waals surface area contributed by atoms with Gasteiger partial charge in [-0.25, -0.2) is 4.98 Å². The fourth-order valence-electron chi connectivity index (χ4n) is 1.60. The molecule has 7 nitrogen and oxygen atoms in total. The van der Waals surface area contributed by atoms with E-state index < -0.39 is 10.0 Å². The minimum atomic E-state index is -3.71. The highest BCUT2D eigenvalue weighted by molar-refractivity contribution is 7.92. The summed E-state index contributed by atoms with van der Waals surface area (Å²) < 4.78 is 27.6. The van der Waals surface area contributed by atoms with Crippen molar-refractivity contribution < 1.29 is 8.42 Å². The van der Waals surface area contributed by atoms with E-state index in [0.717, 1.165) is 4.31 Å². The predicted octanol–water partition coefficient (Wildman–Crippen LogP) is 0.705. The lowest BCUT2D eigenvalue weighted by atomic mass is 10.3. The lowest BCUT2D eigenvalue weighted by Gasteiger charge is -2.19. The molecule has 0 saturated carbocycles. The van der Waals surface area contributed by atoms with Gasteiger partial charge in [-0.05, 0) is 13.0 Å². The molecular weight excluding hydrogens is 266 g/mol. The Morgan fingerprint density at radius 2 is 2.21 bits per heavy atom. The van der Waals surface area contributed by atoms with Crippen LogP contribution >= 0.6 is 0 Å². The minimum Gasteiger partial charge on any atom is -0.396 e. The molecule has 102 valence electrons. The van der Waals surface area contributed by atoms with Crippen LogP contribution in [0.2, 0.25) is 0 Å². The third-order valence-corrected chi connectivity index (χ3v) is 4.42. The van der Waals surface area contributed by atoms with Gasteiger partial charge in [-0.2, -0.15) is 8.42 Å². The third-order valence-electron chi connectivity index (χ3n) is 2.77. The van der Waals surface area contributed by atoms with Gasteiger partial charge in [0.15, 0.2) is 5.03 Å². The van der Waals surface area contributed by atoms with Crippen LogP contribution in [0, 0.1) is 0 Å². The number of nitrogens with two attached hydrogens (primary N) is 1. The number of nitrogen functional groups attached to an aromatic ring is 1. The number of imidazole rings is 1. The topological polar surface area (TPSA) is 94.1 Å². The van der Waals surface area contributed by atoms with Crippen LogP contribution in [0.1, 0.15) is 6.92 Å². The Hall–Kier alpha value is -2.09. The van der Waals surface area contributed by atoms with E-state index in [9.17, 15) is 8.42 Å². The van der Waals surface area contributed by atoms with Crippen molar-refractivity contribution in [3.05, 3.63) is 31.0 Å². The van der Waals surface area contributed by atoms with Crippen molar-refractivity contribution in [1.29, 1.82) is 0 Å². The Bertz CT molecular complexity index is 680. The zero-order valence-corrected chi connectivity index (χ0v) is 11.5. The molecule has 0 fully saturated rings. The van der Waals surface area contributed by atoms with E-state index in [4.69, 9.17) is 5.73 Å². The highest BCUT2D eigenvalue weighted by Crippen LogP contribution is 2.25. The van der Waals surface area contributed by atoms with Gasteiger partial charge in [-0.3, -0.25) is 9.29 Å². The summed E-state index contributed by atoms with van der Waals surface area (Å²) in [4.78, 5) is 7.75. The van der Waals surface area contributed by atoms with E-state index in [2.05, 4.69) is 9.97 Å². The van der Waals surface area contributed by atoms with Crippen molar-refractivity contribution in [2.75, 3.05) is 17.1 Å². The summed E-state index contributed by atoms with van der Waals surface area (Å²) in [5, 5.41) is -0.00642. The van der Waals surface area contributed by atoms with Gasteiger partial charge in [0, 0.05) is 26.0 Å². The monoisotopic (exact) mass is 281 g/mol. The number of aromatic nitrogens is 3. The minimum absolute atomic E-state index is 0.00642. The summed E-state index contributed by atoms with van der Waals surface area (Å²) >= 11 is 0. The average molecular weight is 281 g/mol. The molecule has 0 aliphatic carbocycles. The van der Waals surface area contributed by atoms with E-state index in [1.54, 1.807) is 10.6 Å². The van der Waals surface area contributed by atoms with Crippen LogP contribution in [0.15, 0.2) is 36.0 Å². The molecule has 2 aromatic rings. The first-order valence-electron chi connectivity index (χ1n) is 5.67. The molecule has 0 atom stereocenters. The van der Waals surface area contributed by atoms with Crippen molar-refractivity contribution in [3.8, 4) is 0 Å². The van der Waals surface area contributed by atoms with Crippen molar-refractivity contribution in [1.82, 2.24) is 14.5 Å². The fourth-order valence-corrected chi connectivity index (χ4v) is 2.76. The average Bonchev–Trinajstić information content (AvgIpc) is 2.88. The maximum Gasteiger partial charge on any atom is 0.283 e. The first-order chi connectivity index (χ1) is 8.96. The molecule has 0 amide bonds. The molecule has 0 aliphatic rings. The molecular formula is C11H15N5O2S. The summed E-state index contributed by atoms with van der Waals surface area (Å²) in [6.45, 7) is 2.56. The lowest BCUT2D eigenvalue weighted by molar-refractivity contribution is 0.591. The largest absolute Gasteiger partial charge is 0.396 e. The van der Waals surface area contributed by atoms with Crippen LogP contribution in [-0.2, 0) is 16.6 Å². The van der Waals surface area contributed by atoms with Gasteiger partial charge < -0.3 is 10.3 Å². The molecule has 2 aromatic heterocycles. The van der Waals surface area contributed by atoms with Crippen LogP contribution in [-0.4, -0.2) is 30.0 Å². The van der Waals surface area contributed by atoms with Crippen LogP contribution < -0.4 is 10.0 Å². The first-order valence-corrected chi connectivity index (χ1v) is 7.11. The van der Waals surface area contributed by atoms with E-state index in [1.165, 1.54) is 32.0 Å². The van der Waals surface area contributed by atoms with Crippen molar-refractivity contribution >= 4 is 21.4 Å². The Kier molecular flexibility index (Phi) is 3.43. The van der Waals surface area contributed by atoms with Crippen LogP contribution in [0.25, 0.3) is 0 Å². The second-order valence-electron chi connectivity index (χ2n) is 3.95. The van der Waals surface area contributed by atoms with Gasteiger partial charge in [0.2, 0.25) is 0 Å². The second-order valence-corrected chi connectivity index (χ2v) is 5.87. The van der Waals surface area contributed by atoms with Gasteiger partial charge in [0.1, 0.15) is 0 Å². The molecule has 0 bridgehead atoms. The Balaban J connectivity index is 2.42. The van der Waals surface area contributed by atoms with Gasteiger partial charge in [-0.1, -0.05) is 0 Å². The third kappa shape index (κ3) is 2.39. The summed E-state index contributed by atoms with van der Waals surface area (Å²) in [5.74, 6) is 0. The number of hydrogen-bond acceptors (Lipinski definition) is 5. The molecule has 2 rings (SSSR count). The van der Waals surface area contributed by atoms with Gasteiger partial charge in [0.05, 0.1) is 23.9 Å². The number of pyridine rings is 1. The van der Waals surface area contributed by atoms with Gasteiger partial charge in [-0.15, -0.1) is 0 Å². The second kappa shape index (κ2) is 4.88. The zero-order valence-electron chi connectivity index (χ0n) is 10.7. The molecule has 8 heteroatoms. The SMILES string of the molecule is CCn1cnc(S(=O)(=O)N(C)c2ccncc2N)c1. The summed E-state index contributed by atoms with van der Waals surface area (Å²) in [6, 6.07) is 1.55. The molecule has 0 unspecified atom stereocenters. The molecule has 2 heterocycles. The normalized spacial score (nSPS) is 11.5. The van der Waals surface area contributed by atoms with E-state index in [-0.39, 0.29) is 5.03 Å². The van der Waals surface area contributed by atoms with Gasteiger partial charge in [0.25, 0.3) is 10.0 Å². The highest BCUT2D eigenvalue weighted by Gasteiger charge is 2.25. The zero-order chi connectivity index (χ0) is 14.0. The molecule has 0 radical (unpaired) electrons. The number of hydrogen-bond donors (Lipinski definition) is 1. The van der Waals surface area contributed by atoms with Crippen LogP contribution in [0.3, 0.4) is 0 Å². The number of anilines is 2. The lowest BCUT2D eigenvalue weighted by Crippen LogP contribution is -2.27. The van der Waals surface area contributed by atoms with Crippen molar-refractivity contribution in [3.63, 3.8) is 0 Å². The standard InChI is InChI=1S/C11H15N5O2S/c1-3-16-7-11(14-8-16)19(17,18)15(2)10-4-5-13-6-9(10)12/h4-8H,3,12H2,1-2H3. The van der Waals surface area contributed by atoms with Crippen molar-refractivity contribution in [2.24, 2.45) is 0 Å².